The van der Waals surface area contributed by atoms with E-state index in [1.54, 1.807) is 25.1 Å². The number of aliphatic hydroxyl groups excluding tert-OH is 1. The molecule has 28 heavy (non-hydrogen) atoms. The Kier molecular flexibility index (Phi) is 5.71. The van der Waals surface area contributed by atoms with Crippen LogP contribution in [0.15, 0.2) is 36.4 Å². The highest BCUT2D eigenvalue weighted by atomic mass is 19.1. The molecule has 2 aromatic carbocycles. The first-order valence-electron chi connectivity index (χ1n) is 8.79. The number of nitriles is 1. The van der Waals surface area contributed by atoms with Crippen LogP contribution < -0.4 is 5.32 Å². The van der Waals surface area contributed by atoms with Crippen LogP contribution in [0.5, 0.6) is 0 Å². The third kappa shape index (κ3) is 4.02. The number of halogens is 2. The van der Waals surface area contributed by atoms with E-state index in [4.69, 9.17) is 10.4 Å². The zero-order chi connectivity index (χ0) is 20.3. The number of nitrogens with zero attached hydrogens (tertiary/aromatic N) is 1. The maximum Gasteiger partial charge on any atom is 0.221 e. The molecule has 1 heterocycles. The summed E-state index contributed by atoms with van der Waals surface area (Å²) in [5, 5.41) is 21.0. The molecule has 5 nitrogen and oxygen atoms in total. The van der Waals surface area contributed by atoms with Gasteiger partial charge in [0.05, 0.1) is 18.2 Å². The van der Waals surface area contributed by atoms with Gasteiger partial charge in [-0.1, -0.05) is 0 Å². The van der Waals surface area contributed by atoms with Gasteiger partial charge in [0, 0.05) is 17.5 Å². The number of aliphatic hydroxyl groups is 1. The fourth-order valence-corrected chi connectivity index (χ4v) is 3.19. The van der Waals surface area contributed by atoms with Gasteiger partial charge >= 0.3 is 0 Å². The molecule has 0 aliphatic rings. The van der Waals surface area contributed by atoms with Crippen molar-refractivity contribution in [2.24, 2.45) is 0 Å². The van der Waals surface area contributed by atoms with Crippen molar-refractivity contribution in [2.75, 3.05) is 6.61 Å². The Bertz CT molecular complexity index is 1050. The number of carbonyl (C=O) groups is 1. The maximum atomic E-state index is 14.4. The zero-order valence-corrected chi connectivity index (χ0v) is 15.2. The summed E-state index contributed by atoms with van der Waals surface area (Å²) in [7, 11) is 0. The van der Waals surface area contributed by atoms with Gasteiger partial charge in [0.15, 0.2) is 0 Å². The van der Waals surface area contributed by atoms with E-state index in [0.717, 1.165) is 11.1 Å². The Morgan fingerprint density at radius 1 is 1.29 bits per heavy atom. The van der Waals surface area contributed by atoms with E-state index in [1.807, 2.05) is 6.07 Å². The lowest BCUT2D eigenvalue weighted by molar-refractivity contribution is -0.121. The minimum absolute atomic E-state index is 0.0505. The summed E-state index contributed by atoms with van der Waals surface area (Å²) in [5.74, 6) is -1.18. The fourth-order valence-electron chi connectivity index (χ4n) is 3.19. The second-order valence-electron chi connectivity index (χ2n) is 6.59. The Morgan fingerprint density at radius 3 is 2.64 bits per heavy atom. The van der Waals surface area contributed by atoms with Crippen LogP contribution in [-0.2, 0) is 11.2 Å². The van der Waals surface area contributed by atoms with Crippen LogP contribution in [0, 0.1) is 29.9 Å². The Balaban J connectivity index is 1.99. The van der Waals surface area contributed by atoms with E-state index in [2.05, 4.69) is 10.3 Å². The molecule has 3 N–H and O–H groups in total. The van der Waals surface area contributed by atoms with E-state index in [9.17, 15) is 13.6 Å². The van der Waals surface area contributed by atoms with Gasteiger partial charge in [-0.2, -0.15) is 5.26 Å². The maximum absolute atomic E-state index is 14.4. The number of benzene rings is 2. The zero-order valence-electron chi connectivity index (χ0n) is 15.2. The monoisotopic (exact) mass is 383 g/mol. The van der Waals surface area contributed by atoms with Crippen LogP contribution in [0.2, 0.25) is 0 Å². The molecule has 1 unspecified atom stereocenters. The average molecular weight is 383 g/mol. The fraction of sp³-hybridized carbons (Fsp3) is 0.238. The number of H-pyrrole nitrogens is 1. The summed E-state index contributed by atoms with van der Waals surface area (Å²) < 4.78 is 27.7. The molecule has 3 aromatic rings. The summed E-state index contributed by atoms with van der Waals surface area (Å²) in [4.78, 5) is 15.2. The minimum Gasteiger partial charge on any atom is -0.393 e. The number of hydrogen-bond donors (Lipinski definition) is 3. The molecule has 7 heteroatoms. The predicted octanol–water partition coefficient (Wildman–Crippen LogP) is 3.35. The van der Waals surface area contributed by atoms with E-state index in [-0.39, 0.29) is 18.7 Å². The summed E-state index contributed by atoms with van der Waals surface area (Å²) in [6, 6.07) is 9.89. The average Bonchev–Trinajstić information content (AvgIpc) is 3.03. The van der Waals surface area contributed by atoms with Crippen molar-refractivity contribution in [1.82, 2.24) is 10.3 Å². The van der Waals surface area contributed by atoms with Crippen molar-refractivity contribution in [3.05, 3.63) is 59.2 Å². The van der Waals surface area contributed by atoms with Crippen LogP contribution in [0.25, 0.3) is 22.2 Å². The summed E-state index contributed by atoms with van der Waals surface area (Å²) in [5.41, 5.74) is 3.09. The molecule has 1 atom stereocenters. The topological polar surface area (TPSA) is 88.9 Å². The minimum atomic E-state index is -0.966. The van der Waals surface area contributed by atoms with Crippen molar-refractivity contribution in [3.63, 3.8) is 0 Å². The molecule has 0 saturated heterocycles. The molecule has 0 spiro atoms. The molecule has 0 aliphatic heterocycles. The van der Waals surface area contributed by atoms with E-state index in [1.165, 1.54) is 18.2 Å². The Labute approximate surface area is 160 Å². The highest BCUT2D eigenvalue weighted by Gasteiger charge is 2.18. The number of hydrogen-bond acceptors (Lipinski definition) is 3. The van der Waals surface area contributed by atoms with Gasteiger partial charge in [-0.3, -0.25) is 4.79 Å². The molecule has 0 bridgehead atoms. The molecule has 0 saturated carbocycles. The van der Waals surface area contributed by atoms with Crippen LogP contribution >= 0.6 is 0 Å². The van der Waals surface area contributed by atoms with Crippen LogP contribution in [0.3, 0.4) is 0 Å². The lowest BCUT2D eigenvalue weighted by atomic mass is 10.00. The highest BCUT2D eigenvalue weighted by Crippen LogP contribution is 2.33. The standard InChI is InChI=1S/C21H19F2N3O2/c1-12-8-17-16(6-7-19(28)25-15(10-24)11-27)20(26-21(17)18(23)9-12)13-2-4-14(22)5-3-13/h2-5,8-9,15,26-27H,6-7,11H2,1H3,(H,25,28). The predicted molar refractivity (Wildman–Crippen MR) is 101 cm³/mol. The first-order chi connectivity index (χ1) is 13.4. The Hall–Kier alpha value is -3.24. The lowest BCUT2D eigenvalue weighted by Crippen LogP contribution is -2.36. The molecule has 0 aliphatic carbocycles. The van der Waals surface area contributed by atoms with E-state index < -0.39 is 24.4 Å². The van der Waals surface area contributed by atoms with Gasteiger partial charge in [0.1, 0.15) is 17.7 Å². The van der Waals surface area contributed by atoms with Gasteiger partial charge in [0.2, 0.25) is 5.91 Å². The second kappa shape index (κ2) is 8.19. The second-order valence-corrected chi connectivity index (χ2v) is 6.59. The first kappa shape index (κ1) is 19.5. The highest BCUT2D eigenvalue weighted by molar-refractivity contribution is 5.92. The molecule has 0 fully saturated rings. The van der Waals surface area contributed by atoms with Crippen molar-refractivity contribution >= 4 is 16.8 Å². The van der Waals surface area contributed by atoms with Crippen LogP contribution in [0.4, 0.5) is 8.78 Å². The number of aryl methyl sites for hydroxylation is 2. The van der Waals surface area contributed by atoms with Crippen LogP contribution in [-0.4, -0.2) is 28.6 Å². The quantitative estimate of drug-likeness (QED) is 0.610. The molecular weight excluding hydrogens is 364 g/mol. The normalized spacial score (nSPS) is 12.0. The summed E-state index contributed by atoms with van der Waals surface area (Å²) in [6.45, 7) is 1.31. The number of carbonyl (C=O) groups excluding carboxylic acids is 1. The first-order valence-corrected chi connectivity index (χ1v) is 8.79. The SMILES string of the molecule is Cc1cc(F)c2[nH]c(-c3ccc(F)cc3)c(CCC(=O)NC(C#N)CO)c2c1. The molecule has 1 aromatic heterocycles. The number of amides is 1. The van der Waals surface area contributed by atoms with Crippen molar-refractivity contribution in [1.29, 1.82) is 5.26 Å². The molecule has 144 valence electrons. The smallest absolute Gasteiger partial charge is 0.221 e. The number of rotatable bonds is 6. The molecule has 1 amide bonds. The number of fused-ring (bicyclic) bond motifs is 1. The van der Waals surface area contributed by atoms with E-state index in [0.29, 0.717) is 22.2 Å². The third-order valence-electron chi connectivity index (χ3n) is 4.52. The summed E-state index contributed by atoms with van der Waals surface area (Å²) in [6.07, 6.45) is 0.333. The number of aromatic nitrogens is 1. The van der Waals surface area contributed by atoms with E-state index >= 15 is 0 Å². The van der Waals surface area contributed by atoms with Crippen molar-refractivity contribution in [2.45, 2.75) is 25.8 Å². The van der Waals surface area contributed by atoms with Gasteiger partial charge < -0.3 is 15.4 Å². The van der Waals surface area contributed by atoms with Gasteiger partial charge in [0.25, 0.3) is 0 Å². The number of aromatic amines is 1. The molecular formula is C21H19F2N3O2. The Morgan fingerprint density at radius 2 is 2.00 bits per heavy atom. The number of nitrogens with one attached hydrogen (secondary N) is 2. The largest absolute Gasteiger partial charge is 0.393 e. The lowest BCUT2D eigenvalue weighted by Gasteiger charge is -2.09. The van der Waals surface area contributed by atoms with Crippen LogP contribution in [0.1, 0.15) is 17.5 Å². The molecule has 3 rings (SSSR count). The van der Waals surface area contributed by atoms with Crippen molar-refractivity contribution in [3.8, 4) is 17.3 Å². The van der Waals surface area contributed by atoms with Gasteiger partial charge in [-0.05, 0) is 66.4 Å². The summed E-state index contributed by atoms with van der Waals surface area (Å²) >= 11 is 0. The third-order valence-corrected chi connectivity index (χ3v) is 4.52. The van der Waals surface area contributed by atoms with Crippen molar-refractivity contribution < 1.29 is 18.7 Å². The molecule has 0 radical (unpaired) electrons. The van der Waals surface area contributed by atoms with Gasteiger partial charge in [-0.15, -0.1) is 0 Å². The van der Waals surface area contributed by atoms with Gasteiger partial charge in [-0.25, -0.2) is 8.78 Å².